The number of ether oxygens (including phenoxy) is 1. The number of azo groups is 1. The zero-order chi connectivity index (χ0) is 23.5. The zero-order valence-corrected chi connectivity index (χ0v) is 20.3. The van der Waals surface area contributed by atoms with Crippen molar-refractivity contribution in [2.24, 2.45) is 10.2 Å². The number of nitrogens with zero attached hydrogens (tertiary/aromatic N) is 4. The van der Waals surface area contributed by atoms with Gasteiger partial charge in [0, 0.05) is 9.50 Å². The Morgan fingerprint density at radius 3 is 2.09 bits per heavy atom. The van der Waals surface area contributed by atoms with Gasteiger partial charge in [-0.2, -0.15) is 5.11 Å². The predicted octanol–water partition coefficient (Wildman–Crippen LogP) is 6.90. The summed E-state index contributed by atoms with van der Waals surface area (Å²) in [6.07, 6.45) is 0. The van der Waals surface area contributed by atoms with Gasteiger partial charge >= 0.3 is 0 Å². The van der Waals surface area contributed by atoms with Gasteiger partial charge in [0.2, 0.25) is 11.6 Å². The van der Waals surface area contributed by atoms with Gasteiger partial charge in [-0.15, -0.1) is 5.11 Å². The molecule has 1 aromatic heterocycles. The monoisotopic (exact) mass is 542 g/mol. The fourth-order valence-corrected chi connectivity index (χ4v) is 3.84. The highest BCUT2D eigenvalue weighted by atomic mass is 79.9. The van der Waals surface area contributed by atoms with Gasteiger partial charge in [-0.25, -0.2) is 0 Å². The van der Waals surface area contributed by atoms with Crippen LogP contribution in [0.2, 0.25) is 5.02 Å². The minimum Gasteiger partial charge on any atom is -0.497 e. The summed E-state index contributed by atoms with van der Waals surface area (Å²) < 4.78 is 8.74. The maximum absolute atomic E-state index is 13.4. The smallest absolute Gasteiger partial charge is 0.290 e. The van der Waals surface area contributed by atoms with Gasteiger partial charge in [0.25, 0.3) is 5.56 Å². The lowest BCUT2D eigenvalue weighted by molar-refractivity contribution is 0.414. The van der Waals surface area contributed by atoms with E-state index in [9.17, 15) is 9.90 Å². The van der Waals surface area contributed by atoms with Crippen molar-refractivity contribution in [1.82, 2.24) is 9.13 Å². The molecule has 0 fully saturated rings. The summed E-state index contributed by atoms with van der Waals surface area (Å²) in [7, 11) is 1.55. The van der Waals surface area contributed by atoms with Crippen molar-refractivity contribution in [2.75, 3.05) is 7.11 Å². The average molecular weight is 544 g/mol. The number of aromatic nitrogens is 2. The Morgan fingerprint density at radius 2 is 1.48 bits per heavy atom. The third-order valence-corrected chi connectivity index (χ3v) is 5.87. The van der Waals surface area contributed by atoms with Crippen molar-refractivity contribution in [3.05, 3.63) is 97.4 Å². The molecular formula is C23H16BrClN4O3S. The molecule has 0 bridgehead atoms. The Morgan fingerprint density at radius 1 is 0.909 bits per heavy atom. The van der Waals surface area contributed by atoms with E-state index < -0.39 is 11.4 Å². The maximum atomic E-state index is 13.4. The van der Waals surface area contributed by atoms with Gasteiger partial charge in [-0.05, 0) is 85.0 Å². The minimum absolute atomic E-state index is 0.0487. The molecule has 0 atom stereocenters. The van der Waals surface area contributed by atoms with Crippen LogP contribution in [0.25, 0.3) is 11.4 Å². The van der Waals surface area contributed by atoms with E-state index in [1.165, 1.54) is 9.13 Å². The minimum atomic E-state index is -0.617. The van der Waals surface area contributed by atoms with Crippen LogP contribution in [0.3, 0.4) is 0 Å². The van der Waals surface area contributed by atoms with E-state index in [-0.39, 0.29) is 10.5 Å². The van der Waals surface area contributed by atoms with E-state index in [0.717, 1.165) is 4.47 Å². The first-order valence-electron chi connectivity index (χ1n) is 9.58. The summed E-state index contributed by atoms with van der Waals surface area (Å²) in [5.74, 6) is 0.190. The fourth-order valence-electron chi connectivity index (χ4n) is 3.07. The van der Waals surface area contributed by atoms with E-state index >= 15 is 0 Å². The van der Waals surface area contributed by atoms with Gasteiger partial charge in [-0.3, -0.25) is 13.9 Å². The molecule has 33 heavy (non-hydrogen) atoms. The molecule has 7 nitrogen and oxygen atoms in total. The number of rotatable bonds is 5. The molecule has 0 unspecified atom stereocenters. The van der Waals surface area contributed by atoms with Gasteiger partial charge in [0.15, 0.2) is 4.77 Å². The summed E-state index contributed by atoms with van der Waals surface area (Å²) in [5, 5.41) is 19.7. The third-order valence-electron chi connectivity index (χ3n) is 4.72. The highest BCUT2D eigenvalue weighted by Crippen LogP contribution is 2.30. The van der Waals surface area contributed by atoms with Crippen molar-refractivity contribution < 1.29 is 9.84 Å². The highest BCUT2D eigenvalue weighted by molar-refractivity contribution is 9.10. The first-order chi connectivity index (χ1) is 15.9. The predicted molar refractivity (Wildman–Crippen MR) is 134 cm³/mol. The third kappa shape index (κ3) is 4.75. The van der Waals surface area contributed by atoms with E-state index in [1.54, 1.807) is 79.9 Å². The van der Waals surface area contributed by atoms with Crippen molar-refractivity contribution in [1.29, 1.82) is 0 Å². The van der Waals surface area contributed by atoms with E-state index in [4.69, 9.17) is 28.6 Å². The first kappa shape index (κ1) is 22.9. The van der Waals surface area contributed by atoms with Crippen LogP contribution in [0, 0.1) is 4.77 Å². The summed E-state index contributed by atoms with van der Waals surface area (Å²) in [5.41, 5.74) is 0.609. The standard InChI is InChI=1S/C23H16BrClN4O3S/c1-32-19-12-10-18(11-13-19)29-22(31)20(27-26-16-6-2-14(24)3-7-16)21(30)28(23(29)33)17-8-4-15(25)5-9-17/h2-13,30H,1H3. The molecular weight excluding hydrogens is 528 g/mol. The fraction of sp³-hybridized carbons (Fsp3) is 0.0435. The molecule has 1 N–H and O–H groups in total. The largest absolute Gasteiger partial charge is 0.497 e. The molecule has 10 heteroatoms. The Kier molecular flexibility index (Phi) is 6.73. The first-order valence-corrected chi connectivity index (χ1v) is 11.2. The van der Waals surface area contributed by atoms with Crippen LogP contribution < -0.4 is 10.3 Å². The van der Waals surface area contributed by atoms with Gasteiger partial charge in [-0.1, -0.05) is 27.5 Å². The molecule has 0 spiro atoms. The van der Waals surface area contributed by atoms with Crippen LogP contribution in [0.1, 0.15) is 0 Å². The number of hydrogen-bond donors (Lipinski definition) is 1. The summed E-state index contributed by atoms with van der Waals surface area (Å²) in [4.78, 5) is 13.4. The quantitative estimate of drug-likeness (QED) is 0.219. The lowest BCUT2D eigenvalue weighted by Gasteiger charge is -2.16. The van der Waals surface area contributed by atoms with Gasteiger partial charge in [0.05, 0.1) is 24.2 Å². The highest BCUT2D eigenvalue weighted by Gasteiger charge is 2.19. The normalized spacial score (nSPS) is 11.1. The van der Waals surface area contributed by atoms with Crippen LogP contribution in [-0.4, -0.2) is 21.4 Å². The molecule has 3 aromatic carbocycles. The molecule has 1 heterocycles. The van der Waals surface area contributed by atoms with E-state index in [0.29, 0.717) is 27.8 Å². The van der Waals surface area contributed by atoms with Crippen LogP contribution >= 0.6 is 39.7 Å². The summed E-state index contributed by atoms with van der Waals surface area (Å²) in [6, 6.07) is 20.5. The Bertz CT molecular complexity index is 1450. The number of benzene rings is 3. The average Bonchev–Trinajstić information content (AvgIpc) is 2.82. The number of aromatic hydroxyl groups is 1. The Labute approximate surface area is 207 Å². The van der Waals surface area contributed by atoms with E-state index in [1.807, 2.05) is 0 Å². The van der Waals surface area contributed by atoms with Crippen LogP contribution in [-0.2, 0) is 0 Å². The lowest BCUT2D eigenvalue weighted by atomic mass is 10.3. The zero-order valence-electron chi connectivity index (χ0n) is 17.1. The van der Waals surface area contributed by atoms with Crippen LogP contribution in [0.5, 0.6) is 11.6 Å². The molecule has 0 aliphatic carbocycles. The van der Waals surface area contributed by atoms with Gasteiger partial charge in [0.1, 0.15) is 5.75 Å². The van der Waals surface area contributed by atoms with Crippen molar-refractivity contribution in [3.8, 4) is 23.0 Å². The lowest BCUT2D eigenvalue weighted by Crippen LogP contribution is -2.23. The van der Waals surface area contributed by atoms with Crippen molar-refractivity contribution >= 4 is 51.1 Å². The SMILES string of the molecule is COc1ccc(-n2c(=O)c(N=Nc3ccc(Br)cc3)c(O)n(-c3ccc(Cl)cc3)c2=S)cc1. The second kappa shape index (κ2) is 9.70. The molecule has 4 rings (SSSR count). The summed E-state index contributed by atoms with van der Waals surface area (Å²) in [6.45, 7) is 0. The molecule has 0 aliphatic rings. The maximum Gasteiger partial charge on any atom is 0.290 e. The Balaban J connectivity index is 1.97. The topological polar surface area (TPSA) is 81.1 Å². The molecule has 4 aromatic rings. The van der Waals surface area contributed by atoms with E-state index in [2.05, 4.69) is 26.2 Å². The van der Waals surface area contributed by atoms with Gasteiger partial charge < -0.3 is 9.84 Å². The molecule has 0 saturated heterocycles. The van der Waals surface area contributed by atoms with Crippen LogP contribution in [0.15, 0.2) is 92.3 Å². The van der Waals surface area contributed by atoms with Crippen LogP contribution in [0.4, 0.5) is 11.4 Å². The molecule has 0 radical (unpaired) electrons. The van der Waals surface area contributed by atoms with Crippen molar-refractivity contribution in [3.63, 3.8) is 0 Å². The molecule has 0 aliphatic heterocycles. The molecule has 0 saturated carbocycles. The number of methoxy groups -OCH3 is 1. The second-order valence-corrected chi connectivity index (χ2v) is 8.50. The van der Waals surface area contributed by atoms with Crippen molar-refractivity contribution in [2.45, 2.75) is 0 Å². The number of halogens is 2. The molecule has 166 valence electrons. The summed E-state index contributed by atoms with van der Waals surface area (Å²) >= 11 is 15.0. The second-order valence-electron chi connectivity index (χ2n) is 6.78. The molecule has 0 amide bonds. The number of hydrogen-bond acceptors (Lipinski definition) is 6. The Hall–Kier alpha value is -3.27.